The second kappa shape index (κ2) is 6.48. The summed E-state index contributed by atoms with van der Waals surface area (Å²) >= 11 is 5.88. The van der Waals surface area contributed by atoms with Crippen molar-refractivity contribution in [2.24, 2.45) is 11.1 Å². The Morgan fingerprint density at radius 2 is 2.12 bits per heavy atom. The summed E-state index contributed by atoms with van der Waals surface area (Å²) in [6.07, 6.45) is 3.83. The van der Waals surface area contributed by atoms with Gasteiger partial charge in [0, 0.05) is 18.7 Å². The zero-order valence-electron chi connectivity index (χ0n) is 14.5. The number of hydrogen-bond donors (Lipinski definition) is 2. The van der Waals surface area contributed by atoms with E-state index < -0.39 is 5.82 Å². The monoisotopic (exact) mass is 374 g/mol. The quantitative estimate of drug-likeness (QED) is 0.734. The predicted molar refractivity (Wildman–Crippen MR) is 101 cm³/mol. The van der Waals surface area contributed by atoms with E-state index in [-0.39, 0.29) is 10.4 Å². The van der Waals surface area contributed by atoms with Crippen LogP contribution in [0.25, 0.3) is 22.4 Å². The molecule has 0 atom stereocenters. The van der Waals surface area contributed by atoms with E-state index in [2.05, 4.69) is 32.0 Å². The number of nitrogens with one attached hydrogen (secondary N) is 1. The number of H-pyrrole nitrogens is 1. The van der Waals surface area contributed by atoms with E-state index in [9.17, 15) is 4.39 Å². The summed E-state index contributed by atoms with van der Waals surface area (Å²) in [6, 6.07) is 4.49. The van der Waals surface area contributed by atoms with E-state index in [1.54, 1.807) is 18.3 Å². The van der Waals surface area contributed by atoms with Crippen molar-refractivity contribution in [1.29, 1.82) is 0 Å². The molecule has 0 radical (unpaired) electrons. The van der Waals surface area contributed by atoms with E-state index in [0.717, 1.165) is 31.7 Å². The normalized spacial score (nSPS) is 17.0. The molecule has 0 bridgehead atoms. The van der Waals surface area contributed by atoms with Crippen LogP contribution in [0.4, 0.5) is 10.2 Å². The fourth-order valence-corrected chi connectivity index (χ4v) is 3.45. The molecule has 0 saturated carbocycles. The molecule has 3 N–H and O–H groups in total. The molecule has 26 heavy (non-hydrogen) atoms. The number of aromatic nitrogens is 4. The van der Waals surface area contributed by atoms with Gasteiger partial charge in [-0.25, -0.2) is 14.4 Å². The Kier molecular flexibility index (Phi) is 4.28. The number of halogens is 2. The second-order valence-corrected chi connectivity index (χ2v) is 7.54. The first-order valence-electron chi connectivity index (χ1n) is 8.61. The fourth-order valence-electron chi connectivity index (χ4n) is 3.27. The number of hydrogen-bond acceptors (Lipinski definition) is 5. The maximum Gasteiger partial charge on any atom is 0.177 e. The number of fused-ring (bicyclic) bond motifs is 1. The summed E-state index contributed by atoms with van der Waals surface area (Å²) in [5.41, 5.74) is 8.63. The lowest BCUT2D eigenvalue weighted by atomic mass is 9.80. The molecule has 1 aliphatic heterocycles. The van der Waals surface area contributed by atoms with E-state index in [1.807, 2.05) is 0 Å². The third kappa shape index (κ3) is 3.01. The minimum Gasteiger partial charge on any atom is -0.355 e. The van der Waals surface area contributed by atoms with Crippen LogP contribution in [0.1, 0.15) is 19.8 Å². The molecule has 2 aromatic heterocycles. The largest absolute Gasteiger partial charge is 0.355 e. The van der Waals surface area contributed by atoms with Gasteiger partial charge in [-0.2, -0.15) is 5.10 Å². The molecule has 4 rings (SSSR count). The lowest BCUT2D eigenvalue weighted by Gasteiger charge is -2.39. The van der Waals surface area contributed by atoms with E-state index >= 15 is 0 Å². The fraction of sp³-hybridized carbons (Fsp3) is 0.389. The predicted octanol–water partition coefficient (Wildman–Crippen LogP) is 3.38. The first-order valence-corrected chi connectivity index (χ1v) is 8.98. The molecule has 6 nitrogen and oxygen atoms in total. The molecule has 1 aliphatic rings. The van der Waals surface area contributed by atoms with E-state index in [4.69, 9.17) is 17.3 Å². The van der Waals surface area contributed by atoms with Crippen LogP contribution >= 0.6 is 11.6 Å². The number of anilines is 1. The van der Waals surface area contributed by atoms with Gasteiger partial charge in [-0.3, -0.25) is 5.10 Å². The number of aromatic amines is 1. The van der Waals surface area contributed by atoms with Crippen LogP contribution in [0, 0.1) is 11.2 Å². The molecule has 8 heteroatoms. The lowest BCUT2D eigenvalue weighted by Crippen LogP contribution is -2.42. The number of nitrogens with two attached hydrogens (primary N) is 1. The van der Waals surface area contributed by atoms with Crippen LogP contribution in [0.2, 0.25) is 5.02 Å². The first kappa shape index (κ1) is 17.2. The van der Waals surface area contributed by atoms with Crippen LogP contribution in [0.15, 0.2) is 24.4 Å². The molecule has 0 amide bonds. The zero-order chi connectivity index (χ0) is 18.3. The third-order valence-corrected chi connectivity index (χ3v) is 5.53. The van der Waals surface area contributed by atoms with Crippen molar-refractivity contribution in [1.82, 2.24) is 20.2 Å². The van der Waals surface area contributed by atoms with Gasteiger partial charge in [-0.15, -0.1) is 0 Å². The maximum absolute atomic E-state index is 13.4. The Labute approximate surface area is 155 Å². The van der Waals surface area contributed by atoms with Crippen molar-refractivity contribution < 1.29 is 4.39 Å². The van der Waals surface area contributed by atoms with E-state index in [0.29, 0.717) is 29.0 Å². The molecule has 1 aromatic carbocycles. The molecule has 3 heterocycles. The zero-order valence-corrected chi connectivity index (χ0v) is 15.2. The smallest absolute Gasteiger partial charge is 0.177 e. The summed E-state index contributed by atoms with van der Waals surface area (Å²) in [6.45, 7) is 4.74. The Balaban J connectivity index is 1.63. The number of rotatable bonds is 3. The molecule has 0 unspecified atom stereocenters. The van der Waals surface area contributed by atoms with E-state index in [1.165, 1.54) is 6.07 Å². The van der Waals surface area contributed by atoms with Gasteiger partial charge >= 0.3 is 0 Å². The minimum absolute atomic E-state index is 0.0551. The van der Waals surface area contributed by atoms with Gasteiger partial charge in [-0.05, 0) is 43.0 Å². The highest BCUT2D eigenvalue weighted by molar-refractivity contribution is 6.31. The Morgan fingerprint density at radius 1 is 1.35 bits per heavy atom. The van der Waals surface area contributed by atoms with Gasteiger partial charge in [0.05, 0.1) is 11.2 Å². The molecule has 3 aromatic rings. The number of benzene rings is 1. The molecular formula is C18H20ClFN6. The highest BCUT2D eigenvalue weighted by atomic mass is 35.5. The van der Waals surface area contributed by atoms with Crippen molar-refractivity contribution in [2.75, 3.05) is 24.5 Å². The van der Waals surface area contributed by atoms with Gasteiger partial charge in [0.2, 0.25) is 0 Å². The molecule has 1 fully saturated rings. The van der Waals surface area contributed by atoms with Gasteiger partial charge < -0.3 is 10.6 Å². The molecule has 136 valence electrons. The Morgan fingerprint density at radius 3 is 2.81 bits per heavy atom. The summed E-state index contributed by atoms with van der Waals surface area (Å²) in [7, 11) is 0. The average Bonchev–Trinajstić information content (AvgIpc) is 3.08. The van der Waals surface area contributed by atoms with Crippen LogP contribution in [-0.2, 0) is 0 Å². The third-order valence-electron chi connectivity index (χ3n) is 5.24. The van der Waals surface area contributed by atoms with Crippen molar-refractivity contribution in [3.8, 4) is 11.3 Å². The first-order chi connectivity index (χ1) is 12.5. The van der Waals surface area contributed by atoms with Crippen LogP contribution in [-0.4, -0.2) is 39.8 Å². The van der Waals surface area contributed by atoms with Gasteiger partial charge in [0.25, 0.3) is 0 Å². The van der Waals surface area contributed by atoms with Crippen LogP contribution < -0.4 is 10.6 Å². The van der Waals surface area contributed by atoms with Crippen molar-refractivity contribution in [3.63, 3.8) is 0 Å². The highest BCUT2D eigenvalue weighted by Crippen LogP contribution is 2.32. The highest BCUT2D eigenvalue weighted by Gasteiger charge is 2.29. The maximum atomic E-state index is 13.4. The number of piperidine rings is 1. The minimum atomic E-state index is -0.460. The van der Waals surface area contributed by atoms with Crippen LogP contribution in [0.3, 0.4) is 0 Å². The van der Waals surface area contributed by atoms with Crippen molar-refractivity contribution >= 4 is 28.6 Å². The molecular weight excluding hydrogens is 355 g/mol. The average molecular weight is 375 g/mol. The van der Waals surface area contributed by atoms with Gasteiger partial charge in [0.15, 0.2) is 5.65 Å². The van der Waals surface area contributed by atoms with Gasteiger partial charge in [0.1, 0.15) is 22.8 Å². The SMILES string of the molecule is CC1(CN)CCN(c2cnc3c(-c4ccc(F)c(Cl)c4)n[nH]c3n2)CC1. The van der Waals surface area contributed by atoms with Crippen molar-refractivity contribution in [2.45, 2.75) is 19.8 Å². The topological polar surface area (TPSA) is 83.7 Å². The van der Waals surface area contributed by atoms with Crippen molar-refractivity contribution in [3.05, 3.63) is 35.2 Å². The summed E-state index contributed by atoms with van der Waals surface area (Å²) < 4.78 is 13.4. The lowest BCUT2D eigenvalue weighted by molar-refractivity contribution is 0.258. The molecule has 1 saturated heterocycles. The molecule has 0 aliphatic carbocycles. The van der Waals surface area contributed by atoms with Gasteiger partial charge in [-0.1, -0.05) is 18.5 Å². The standard InChI is InChI=1S/C18H20ClFN6/c1-18(10-21)4-6-26(7-5-18)14-9-22-16-15(24-25-17(16)23-14)11-2-3-13(20)12(19)8-11/h2-3,8-9H,4-7,10,21H2,1H3,(H,23,24,25). The summed E-state index contributed by atoms with van der Waals surface area (Å²) in [5.74, 6) is 0.363. The second-order valence-electron chi connectivity index (χ2n) is 7.13. The summed E-state index contributed by atoms with van der Waals surface area (Å²) in [5, 5.41) is 7.27. The Hall–Kier alpha value is -2.25. The number of nitrogens with zero attached hydrogens (tertiary/aromatic N) is 4. The van der Waals surface area contributed by atoms with Crippen LogP contribution in [0.5, 0.6) is 0 Å². The summed E-state index contributed by atoms with van der Waals surface area (Å²) in [4.78, 5) is 11.4. The Bertz CT molecular complexity index is 948. The molecule has 0 spiro atoms.